The Bertz CT molecular complexity index is 451. The van der Waals surface area contributed by atoms with Gasteiger partial charge in [0.15, 0.2) is 0 Å². The van der Waals surface area contributed by atoms with Crippen LogP contribution < -0.4 is 6.15 Å². The number of nitrogens with zero attached hydrogens (tertiary/aromatic N) is 1. The van der Waals surface area contributed by atoms with Gasteiger partial charge in [-0.1, -0.05) is 12.1 Å². The number of hydrogen-bond acceptors (Lipinski definition) is 1. The molecule has 0 bridgehead atoms. The van der Waals surface area contributed by atoms with Crippen LogP contribution in [0.4, 0.5) is 4.39 Å². The second kappa shape index (κ2) is 3.51. The molecule has 3 heteroatoms. The van der Waals surface area contributed by atoms with Crippen molar-refractivity contribution in [2.45, 2.75) is 13.0 Å². The molecule has 0 saturated heterocycles. The summed E-state index contributed by atoms with van der Waals surface area (Å²) in [6.45, 7) is 0.841. The molecule has 0 unspecified atom stereocenters. The van der Waals surface area contributed by atoms with Crippen molar-refractivity contribution < 1.29 is 4.39 Å². The molecule has 0 fully saturated rings. The molecule has 1 aliphatic carbocycles. The van der Waals surface area contributed by atoms with Crippen LogP contribution in [0.25, 0.3) is 0 Å². The minimum Gasteiger partial charge on any atom is -0.349 e. The van der Waals surface area contributed by atoms with Crippen LogP contribution in [0.3, 0.4) is 0 Å². The van der Waals surface area contributed by atoms with Gasteiger partial charge in [0.25, 0.3) is 0 Å². The predicted octanol–water partition coefficient (Wildman–Crippen LogP) is 2.74. The Hall–Kier alpha value is -1.61. The van der Waals surface area contributed by atoms with Crippen molar-refractivity contribution in [2.75, 3.05) is 0 Å². The number of fused-ring (bicyclic) bond motifs is 1. The fraction of sp³-hybridized carbons (Fsp3) is 0.167. The molecule has 0 aliphatic heterocycles. The van der Waals surface area contributed by atoms with Crippen molar-refractivity contribution in [1.29, 1.82) is 0 Å². The van der Waals surface area contributed by atoms with Crippen molar-refractivity contribution >= 4 is 0 Å². The fourth-order valence-electron chi connectivity index (χ4n) is 1.75. The van der Waals surface area contributed by atoms with E-state index < -0.39 is 0 Å². The van der Waals surface area contributed by atoms with E-state index >= 15 is 0 Å². The Morgan fingerprint density at radius 2 is 1.67 bits per heavy atom. The van der Waals surface area contributed by atoms with E-state index in [1.165, 1.54) is 29.7 Å². The first-order valence-corrected chi connectivity index (χ1v) is 4.73. The standard InChI is InChI=1S/C12H10FN.H3N/c13-12-3-1-9(2-4-12)6-14-7-10-5-11(10)8-14;/h1-4,7-8H,5-6H2;1H3. The van der Waals surface area contributed by atoms with E-state index in [4.69, 9.17) is 0 Å². The summed E-state index contributed by atoms with van der Waals surface area (Å²) in [6.07, 6.45) is 5.50. The van der Waals surface area contributed by atoms with E-state index in [9.17, 15) is 4.39 Å². The lowest BCUT2D eigenvalue weighted by molar-refractivity contribution is 0.626. The highest BCUT2D eigenvalue weighted by atomic mass is 19.1. The highest BCUT2D eigenvalue weighted by Crippen LogP contribution is 2.28. The Kier molecular flexibility index (Phi) is 2.32. The van der Waals surface area contributed by atoms with E-state index in [0.29, 0.717) is 0 Å². The molecule has 3 N–H and O–H groups in total. The first-order chi connectivity index (χ1) is 6.81. The van der Waals surface area contributed by atoms with E-state index in [1.54, 1.807) is 0 Å². The normalized spacial score (nSPS) is 11.8. The average Bonchev–Trinajstić information content (AvgIpc) is 2.79. The molecule has 3 rings (SSSR count). The first-order valence-electron chi connectivity index (χ1n) is 4.73. The van der Waals surface area contributed by atoms with Crippen LogP contribution in [-0.4, -0.2) is 4.57 Å². The predicted molar refractivity (Wildman–Crippen MR) is 57.8 cm³/mol. The summed E-state index contributed by atoms with van der Waals surface area (Å²) in [4.78, 5) is 0. The van der Waals surface area contributed by atoms with Gasteiger partial charge in [-0.05, 0) is 28.8 Å². The molecule has 0 spiro atoms. The van der Waals surface area contributed by atoms with Gasteiger partial charge in [0.1, 0.15) is 5.82 Å². The van der Waals surface area contributed by atoms with Crippen molar-refractivity contribution in [1.82, 2.24) is 10.7 Å². The van der Waals surface area contributed by atoms with Gasteiger partial charge in [0.2, 0.25) is 0 Å². The first kappa shape index (κ1) is 9.93. The van der Waals surface area contributed by atoms with Crippen molar-refractivity contribution in [2.24, 2.45) is 0 Å². The van der Waals surface area contributed by atoms with Gasteiger partial charge >= 0.3 is 0 Å². The van der Waals surface area contributed by atoms with Gasteiger partial charge in [-0.15, -0.1) is 0 Å². The van der Waals surface area contributed by atoms with E-state index in [1.807, 2.05) is 12.1 Å². The summed E-state index contributed by atoms with van der Waals surface area (Å²) in [6, 6.07) is 6.67. The van der Waals surface area contributed by atoms with Crippen LogP contribution in [0.1, 0.15) is 16.7 Å². The highest BCUT2D eigenvalue weighted by Gasteiger charge is 2.18. The number of halogens is 1. The maximum absolute atomic E-state index is 12.6. The average molecular weight is 204 g/mol. The zero-order chi connectivity index (χ0) is 9.54. The topological polar surface area (TPSA) is 39.9 Å². The Morgan fingerprint density at radius 3 is 2.27 bits per heavy atom. The van der Waals surface area contributed by atoms with Gasteiger partial charge in [0, 0.05) is 25.4 Å². The maximum atomic E-state index is 12.6. The van der Waals surface area contributed by atoms with Gasteiger partial charge in [-0.25, -0.2) is 4.39 Å². The maximum Gasteiger partial charge on any atom is 0.123 e. The molecule has 2 aromatic rings. The Morgan fingerprint density at radius 1 is 1.07 bits per heavy atom. The molecule has 78 valence electrons. The number of hydrogen-bond donors (Lipinski definition) is 1. The van der Waals surface area contributed by atoms with Crippen LogP contribution in [0, 0.1) is 5.82 Å². The summed E-state index contributed by atoms with van der Waals surface area (Å²) >= 11 is 0. The minimum absolute atomic E-state index is 0. The minimum atomic E-state index is -0.172. The molecule has 1 heterocycles. The molecule has 0 saturated carbocycles. The smallest absolute Gasteiger partial charge is 0.123 e. The van der Waals surface area contributed by atoms with Crippen LogP contribution in [0.2, 0.25) is 0 Å². The molecular formula is C12H13FN2. The Labute approximate surface area is 87.9 Å². The van der Waals surface area contributed by atoms with E-state index in [-0.39, 0.29) is 12.0 Å². The van der Waals surface area contributed by atoms with Crippen molar-refractivity contribution in [3.8, 4) is 0 Å². The van der Waals surface area contributed by atoms with Gasteiger partial charge in [-0.3, -0.25) is 0 Å². The van der Waals surface area contributed by atoms with Crippen LogP contribution in [0.5, 0.6) is 0 Å². The molecule has 2 nitrogen and oxygen atoms in total. The second-order valence-corrected chi connectivity index (χ2v) is 3.78. The van der Waals surface area contributed by atoms with Crippen LogP contribution in [-0.2, 0) is 13.0 Å². The quantitative estimate of drug-likeness (QED) is 0.685. The summed E-state index contributed by atoms with van der Waals surface area (Å²) in [5.74, 6) is -0.172. The molecule has 0 atom stereocenters. The number of aromatic nitrogens is 1. The van der Waals surface area contributed by atoms with Crippen LogP contribution in [0.15, 0.2) is 36.7 Å². The van der Waals surface area contributed by atoms with Crippen molar-refractivity contribution in [3.05, 3.63) is 59.2 Å². The number of rotatable bonds is 2. The molecule has 1 aromatic heterocycles. The summed E-state index contributed by atoms with van der Waals surface area (Å²) in [5, 5.41) is 0. The molecular weight excluding hydrogens is 191 g/mol. The third-order valence-corrected chi connectivity index (χ3v) is 2.59. The lowest BCUT2D eigenvalue weighted by atomic mass is 10.2. The monoisotopic (exact) mass is 204 g/mol. The molecule has 15 heavy (non-hydrogen) atoms. The van der Waals surface area contributed by atoms with E-state index in [2.05, 4.69) is 17.0 Å². The molecule has 0 amide bonds. The zero-order valence-electron chi connectivity index (χ0n) is 8.41. The molecule has 1 aliphatic rings. The largest absolute Gasteiger partial charge is 0.349 e. The third-order valence-electron chi connectivity index (χ3n) is 2.59. The zero-order valence-corrected chi connectivity index (χ0v) is 8.41. The lowest BCUT2D eigenvalue weighted by Crippen LogP contribution is -1.97. The molecule has 0 radical (unpaired) electrons. The lowest BCUT2D eigenvalue weighted by Gasteiger charge is -2.03. The fourth-order valence-corrected chi connectivity index (χ4v) is 1.75. The van der Waals surface area contributed by atoms with E-state index in [0.717, 1.165) is 12.1 Å². The summed E-state index contributed by atoms with van der Waals surface area (Å²) < 4.78 is 14.8. The highest BCUT2D eigenvalue weighted by molar-refractivity contribution is 5.43. The third kappa shape index (κ3) is 1.92. The Balaban J connectivity index is 0.000000853. The van der Waals surface area contributed by atoms with Gasteiger partial charge in [-0.2, -0.15) is 0 Å². The summed E-state index contributed by atoms with van der Waals surface area (Å²) in [7, 11) is 0. The second-order valence-electron chi connectivity index (χ2n) is 3.78. The number of benzene rings is 1. The summed E-state index contributed by atoms with van der Waals surface area (Å²) in [5.41, 5.74) is 4.04. The van der Waals surface area contributed by atoms with Crippen molar-refractivity contribution in [3.63, 3.8) is 0 Å². The molecule has 1 aromatic carbocycles. The van der Waals surface area contributed by atoms with Crippen LogP contribution >= 0.6 is 0 Å². The SMILES string of the molecule is Fc1ccc(Cn2cc3c(c2)C3)cc1.N. The van der Waals surface area contributed by atoms with Gasteiger partial charge < -0.3 is 10.7 Å². The van der Waals surface area contributed by atoms with Gasteiger partial charge in [0.05, 0.1) is 0 Å².